The molecular weight excluding hydrogens is 332 g/mol. The maximum Gasteiger partial charge on any atom is 0.119 e. The smallest absolute Gasteiger partial charge is 0.119 e. The summed E-state index contributed by atoms with van der Waals surface area (Å²) in [6, 6.07) is 4.89. The number of hydrogen-bond donors (Lipinski definition) is 2. The van der Waals surface area contributed by atoms with Crippen LogP contribution in [0.3, 0.4) is 0 Å². The lowest BCUT2D eigenvalue weighted by Crippen LogP contribution is -1.87. The minimum absolute atomic E-state index is 0.161. The summed E-state index contributed by atoms with van der Waals surface area (Å²) in [5, 5.41) is 18.9. The van der Waals surface area contributed by atoms with Crippen molar-refractivity contribution >= 4 is 0 Å². The molecule has 0 aliphatic rings. The average Bonchev–Trinajstić information content (AvgIpc) is 2.63. The molecular formula is C25H42O2. The van der Waals surface area contributed by atoms with E-state index in [9.17, 15) is 10.2 Å². The van der Waals surface area contributed by atoms with E-state index in [1.54, 1.807) is 12.1 Å². The van der Waals surface area contributed by atoms with E-state index in [2.05, 4.69) is 19.1 Å². The third-order valence-electron chi connectivity index (χ3n) is 5.19. The van der Waals surface area contributed by atoms with E-state index >= 15 is 0 Å². The van der Waals surface area contributed by atoms with Gasteiger partial charge in [0.2, 0.25) is 0 Å². The van der Waals surface area contributed by atoms with E-state index in [-0.39, 0.29) is 11.5 Å². The molecule has 0 fully saturated rings. The third-order valence-corrected chi connectivity index (χ3v) is 5.19. The standard InChI is InChI=1S/C25H42O2/c1-2-3-4-5-6-7-8-9-10-11-12-13-14-15-16-17-18-19-23-20-24(26)22-25(27)21-23/h5-6,20-22,26-27H,2-4,7-19H2,1H3/b6-5+. The predicted octanol–water partition coefficient (Wildman–Crippen LogP) is 8.07. The van der Waals surface area contributed by atoms with Crippen LogP contribution in [0.5, 0.6) is 11.5 Å². The first kappa shape index (κ1) is 23.6. The fraction of sp³-hybridized carbons (Fsp3) is 0.680. The van der Waals surface area contributed by atoms with Gasteiger partial charge in [-0.3, -0.25) is 0 Å². The lowest BCUT2D eigenvalue weighted by atomic mass is 10.0. The second kappa shape index (κ2) is 16.7. The molecule has 0 radical (unpaired) electrons. The Hall–Kier alpha value is -1.44. The maximum absolute atomic E-state index is 9.47. The van der Waals surface area contributed by atoms with Crippen molar-refractivity contribution in [2.45, 2.75) is 110 Å². The number of aryl methyl sites for hydroxylation is 1. The molecule has 1 rings (SSSR count). The van der Waals surface area contributed by atoms with Crippen LogP contribution in [0.2, 0.25) is 0 Å². The number of aromatic hydroxyl groups is 2. The van der Waals surface area contributed by atoms with Gasteiger partial charge in [0.1, 0.15) is 11.5 Å². The van der Waals surface area contributed by atoms with Crippen molar-refractivity contribution in [3.63, 3.8) is 0 Å². The van der Waals surface area contributed by atoms with Gasteiger partial charge in [-0.15, -0.1) is 0 Å². The van der Waals surface area contributed by atoms with Gasteiger partial charge in [0.15, 0.2) is 0 Å². The monoisotopic (exact) mass is 374 g/mol. The van der Waals surface area contributed by atoms with Crippen molar-refractivity contribution < 1.29 is 10.2 Å². The molecule has 0 aliphatic carbocycles. The first-order chi connectivity index (χ1) is 13.2. The van der Waals surface area contributed by atoms with Gasteiger partial charge in [0.05, 0.1) is 0 Å². The molecule has 0 unspecified atom stereocenters. The number of phenolic OH excluding ortho intramolecular Hbond substituents is 2. The van der Waals surface area contributed by atoms with Crippen LogP contribution in [0, 0.1) is 0 Å². The fourth-order valence-corrected chi connectivity index (χ4v) is 3.54. The Morgan fingerprint density at radius 2 is 1.04 bits per heavy atom. The normalized spacial score (nSPS) is 11.4. The Kier molecular flexibility index (Phi) is 14.6. The van der Waals surface area contributed by atoms with Crippen molar-refractivity contribution in [1.29, 1.82) is 0 Å². The quantitative estimate of drug-likeness (QED) is 0.214. The summed E-state index contributed by atoms with van der Waals surface area (Å²) in [7, 11) is 0. The molecule has 0 atom stereocenters. The number of benzene rings is 1. The molecule has 0 aromatic heterocycles. The Balaban J connectivity index is 1.81. The minimum atomic E-state index is 0.161. The van der Waals surface area contributed by atoms with Crippen molar-refractivity contribution in [2.24, 2.45) is 0 Å². The first-order valence-corrected chi connectivity index (χ1v) is 11.4. The molecule has 0 heterocycles. The van der Waals surface area contributed by atoms with E-state index < -0.39 is 0 Å². The summed E-state index contributed by atoms with van der Waals surface area (Å²) in [5.74, 6) is 0.321. The van der Waals surface area contributed by atoms with Gasteiger partial charge in [-0.25, -0.2) is 0 Å². The zero-order valence-corrected chi connectivity index (χ0v) is 17.6. The molecule has 0 amide bonds. The van der Waals surface area contributed by atoms with Crippen LogP contribution in [0.25, 0.3) is 0 Å². The lowest BCUT2D eigenvalue weighted by Gasteiger charge is -2.04. The molecule has 0 saturated carbocycles. The van der Waals surface area contributed by atoms with E-state index in [0.29, 0.717) is 0 Å². The molecule has 0 saturated heterocycles. The summed E-state index contributed by atoms with van der Waals surface area (Å²) < 4.78 is 0. The highest BCUT2D eigenvalue weighted by Crippen LogP contribution is 2.22. The third kappa shape index (κ3) is 14.3. The second-order valence-electron chi connectivity index (χ2n) is 7.90. The molecule has 0 aliphatic heterocycles. The summed E-state index contributed by atoms with van der Waals surface area (Å²) in [6.45, 7) is 2.25. The SMILES string of the molecule is CCCC/C=C/CCCCCCCCCCCCCc1cc(O)cc(O)c1. The van der Waals surface area contributed by atoms with Crippen LogP contribution in [0.15, 0.2) is 30.4 Å². The predicted molar refractivity (Wildman–Crippen MR) is 118 cm³/mol. The molecule has 2 N–H and O–H groups in total. The Morgan fingerprint density at radius 3 is 1.56 bits per heavy atom. The van der Waals surface area contributed by atoms with Gasteiger partial charge >= 0.3 is 0 Å². The van der Waals surface area contributed by atoms with Crippen molar-refractivity contribution in [1.82, 2.24) is 0 Å². The highest BCUT2D eigenvalue weighted by Gasteiger charge is 1.99. The zero-order chi connectivity index (χ0) is 19.6. The summed E-state index contributed by atoms with van der Waals surface area (Å²) >= 11 is 0. The highest BCUT2D eigenvalue weighted by atomic mass is 16.3. The Bertz CT molecular complexity index is 473. The Morgan fingerprint density at radius 1 is 0.593 bits per heavy atom. The van der Waals surface area contributed by atoms with Crippen LogP contribution in [0.4, 0.5) is 0 Å². The van der Waals surface area contributed by atoms with Crippen LogP contribution >= 0.6 is 0 Å². The number of unbranched alkanes of at least 4 members (excludes halogenated alkanes) is 13. The minimum Gasteiger partial charge on any atom is -0.508 e. The van der Waals surface area contributed by atoms with E-state index in [1.807, 2.05) is 0 Å². The molecule has 1 aromatic carbocycles. The average molecular weight is 375 g/mol. The summed E-state index contributed by atoms with van der Waals surface area (Å²) in [4.78, 5) is 0. The second-order valence-corrected chi connectivity index (χ2v) is 7.90. The molecule has 0 spiro atoms. The van der Waals surface area contributed by atoms with E-state index in [4.69, 9.17) is 0 Å². The van der Waals surface area contributed by atoms with Crippen molar-refractivity contribution in [2.75, 3.05) is 0 Å². The van der Waals surface area contributed by atoms with E-state index in [1.165, 1.54) is 96.0 Å². The number of rotatable bonds is 17. The molecule has 27 heavy (non-hydrogen) atoms. The van der Waals surface area contributed by atoms with Gasteiger partial charge in [-0.1, -0.05) is 89.7 Å². The lowest BCUT2D eigenvalue weighted by molar-refractivity contribution is 0.449. The number of hydrogen-bond acceptors (Lipinski definition) is 2. The van der Waals surface area contributed by atoms with Crippen LogP contribution in [0.1, 0.15) is 109 Å². The molecule has 2 heteroatoms. The first-order valence-electron chi connectivity index (χ1n) is 11.4. The molecule has 1 aromatic rings. The van der Waals surface area contributed by atoms with Crippen LogP contribution in [-0.4, -0.2) is 10.2 Å². The molecule has 154 valence electrons. The summed E-state index contributed by atoms with van der Waals surface area (Å²) in [6.07, 6.45) is 25.6. The zero-order valence-electron chi connectivity index (χ0n) is 17.6. The maximum atomic E-state index is 9.47. The summed E-state index contributed by atoms with van der Waals surface area (Å²) in [5.41, 5.74) is 1.03. The van der Waals surface area contributed by atoms with Gasteiger partial charge in [-0.2, -0.15) is 0 Å². The van der Waals surface area contributed by atoms with E-state index in [0.717, 1.165) is 18.4 Å². The van der Waals surface area contributed by atoms with Crippen LogP contribution < -0.4 is 0 Å². The number of phenols is 2. The fourth-order valence-electron chi connectivity index (χ4n) is 3.54. The van der Waals surface area contributed by atoms with Gasteiger partial charge in [0, 0.05) is 6.07 Å². The van der Waals surface area contributed by atoms with Crippen molar-refractivity contribution in [3.05, 3.63) is 35.9 Å². The van der Waals surface area contributed by atoms with Crippen molar-refractivity contribution in [3.8, 4) is 11.5 Å². The van der Waals surface area contributed by atoms with Gasteiger partial charge in [-0.05, 0) is 49.8 Å². The van der Waals surface area contributed by atoms with Gasteiger partial charge in [0.25, 0.3) is 0 Å². The topological polar surface area (TPSA) is 40.5 Å². The molecule has 0 bridgehead atoms. The highest BCUT2D eigenvalue weighted by molar-refractivity contribution is 5.36. The van der Waals surface area contributed by atoms with Gasteiger partial charge < -0.3 is 10.2 Å². The molecule has 2 nitrogen and oxygen atoms in total. The van der Waals surface area contributed by atoms with Crippen LogP contribution in [-0.2, 0) is 6.42 Å². The Labute approximate surface area is 167 Å². The largest absolute Gasteiger partial charge is 0.508 e. The number of allylic oxidation sites excluding steroid dienone is 2.